The SMILES string of the molecule is CC(C)(C)OC(=O)NOCCCCOCc1ccc([N+](=O)[O-])cc1. The fourth-order valence-corrected chi connectivity index (χ4v) is 1.69. The molecule has 1 N–H and O–H groups in total. The van der Waals surface area contributed by atoms with E-state index in [1.165, 1.54) is 12.1 Å². The van der Waals surface area contributed by atoms with Crippen LogP contribution in [0.2, 0.25) is 0 Å². The lowest BCUT2D eigenvalue weighted by molar-refractivity contribution is -0.384. The second-order valence-electron chi connectivity index (χ2n) is 6.14. The van der Waals surface area contributed by atoms with Crippen molar-refractivity contribution >= 4 is 11.8 Å². The van der Waals surface area contributed by atoms with Crippen molar-refractivity contribution in [2.24, 2.45) is 0 Å². The molecule has 1 aromatic rings. The maximum atomic E-state index is 11.3. The molecule has 1 amide bonds. The number of hydroxylamine groups is 1. The number of unbranched alkanes of at least 4 members (excludes halogenated alkanes) is 1. The third kappa shape index (κ3) is 9.06. The quantitative estimate of drug-likeness (QED) is 0.420. The molecule has 8 nitrogen and oxygen atoms in total. The molecule has 134 valence electrons. The van der Waals surface area contributed by atoms with E-state index in [9.17, 15) is 14.9 Å². The van der Waals surface area contributed by atoms with Crippen LogP contribution >= 0.6 is 0 Å². The van der Waals surface area contributed by atoms with Crippen molar-refractivity contribution in [3.05, 3.63) is 39.9 Å². The molecule has 0 fully saturated rings. The molecule has 0 bridgehead atoms. The molecule has 0 aromatic heterocycles. The third-order valence-corrected chi connectivity index (χ3v) is 2.76. The minimum absolute atomic E-state index is 0.0633. The van der Waals surface area contributed by atoms with Gasteiger partial charge in [0.1, 0.15) is 5.60 Å². The zero-order chi connectivity index (χ0) is 18.0. The van der Waals surface area contributed by atoms with E-state index >= 15 is 0 Å². The molecule has 0 radical (unpaired) electrons. The Labute approximate surface area is 141 Å². The lowest BCUT2D eigenvalue weighted by atomic mass is 10.2. The number of ether oxygens (including phenoxy) is 2. The average molecular weight is 340 g/mol. The van der Waals surface area contributed by atoms with Gasteiger partial charge in [-0.1, -0.05) is 0 Å². The summed E-state index contributed by atoms with van der Waals surface area (Å²) in [7, 11) is 0. The second kappa shape index (κ2) is 9.84. The zero-order valence-electron chi connectivity index (χ0n) is 14.2. The van der Waals surface area contributed by atoms with Gasteiger partial charge in [0.05, 0.1) is 18.1 Å². The van der Waals surface area contributed by atoms with Gasteiger partial charge in [-0.05, 0) is 51.3 Å². The largest absolute Gasteiger partial charge is 0.442 e. The highest BCUT2D eigenvalue weighted by Crippen LogP contribution is 2.12. The minimum atomic E-state index is -0.614. The van der Waals surface area contributed by atoms with Crippen LogP contribution in [-0.2, 0) is 20.9 Å². The summed E-state index contributed by atoms with van der Waals surface area (Å²) in [5.41, 5.74) is 2.60. The Balaban J connectivity index is 2.02. The van der Waals surface area contributed by atoms with Crippen molar-refractivity contribution in [2.45, 2.75) is 45.8 Å². The van der Waals surface area contributed by atoms with Crippen LogP contribution in [0.1, 0.15) is 39.2 Å². The molecule has 0 saturated heterocycles. The number of nitro benzene ring substituents is 1. The van der Waals surface area contributed by atoms with Gasteiger partial charge in [0.25, 0.3) is 5.69 Å². The number of benzene rings is 1. The van der Waals surface area contributed by atoms with Crippen LogP contribution in [-0.4, -0.2) is 29.8 Å². The highest BCUT2D eigenvalue weighted by Gasteiger charge is 2.15. The molecule has 8 heteroatoms. The number of hydrogen-bond acceptors (Lipinski definition) is 6. The first-order valence-electron chi connectivity index (χ1n) is 7.70. The van der Waals surface area contributed by atoms with Crippen molar-refractivity contribution in [1.82, 2.24) is 5.48 Å². The summed E-state index contributed by atoms with van der Waals surface area (Å²) in [6.45, 7) is 6.61. The predicted octanol–water partition coefficient (Wildman–Crippen LogP) is 3.35. The minimum Gasteiger partial charge on any atom is -0.442 e. The number of rotatable bonds is 9. The van der Waals surface area contributed by atoms with E-state index in [4.69, 9.17) is 14.3 Å². The summed E-state index contributed by atoms with van der Waals surface area (Å²) < 4.78 is 10.5. The number of amides is 1. The molecule has 0 aliphatic rings. The Morgan fingerprint density at radius 2 is 1.79 bits per heavy atom. The van der Waals surface area contributed by atoms with Crippen LogP contribution in [0, 0.1) is 10.1 Å². The van der Waals surface area contributed by atoms with Crippen molar-refractivity contribution in [3.8, 4) is 0 Å². The Morgan fingerprint density at radius 3 is 2.38 bits per heavy atom. The van der Waals surface area contributed by atoms with E-state index in [-0.39, 0.29) is 5.69 Å². The number of nitro groups is 1. The number of hydrogen-bond donors (Lipinski definition) is 1. The van der Waals surface area contributed by atoms with Crippen LogP contribution in [0.25, 0.3) is 0 Å². The van der Waals surface area contributed by atoms with Crippen LogP contribution < -0.4 is 5.48 Å². The summed E-state index contributed by atoms with van der Waals surface area (Å²) in [5, 5.41) is 10.5. The van der Waals surface area contributed by atoms with Gasteiger partial charge >= 0.3 is 6.09 Å². The van der Waals surface area contributed by atoms with E-state index in [0.717, 1.165) is 18.4 Å². The van der Waals surface area contributed by atoms with Gasteiger partial charge in [-0.2, -0.15) is 5.48 Å². The van der Waals surface area contributed by atoms with Gasteiger partial charge in [0.15, 0.2) is 0 Å². The predicted molar refractivity (Wildman–Crippen MR) is 87.3 cm³/mol. The van der Waals surface area contributed by atoms with Crippen LogP contribution in [0.3, 0.4) is 0 Å². The number of carbonyl (C=O) groups excluding carboxylic acids is 1. The van der Waals surface area contributed by atoms with Crippen LogP contribution in [0.4, 0.5) is 10.5 Å². The molecule has 0 unspecified atom stereocenters. The number of carbonyl (C=O) groups is 1. The lowest BCUT2D eigenvalue weighted by Crippen LogP contribution is -2.32. The zero-order valence-corrected chi connectivity index (χ0v) is 14.2. The summed E-state index contributed by atoms with van der Waals surface area (Å²) in [4.78, 5) is 26.4. The molecule has 0 heterocycles. The average Bonchev–Trinajstić information content (AvgIpc) is 2.48. The van der Waals surface area contributed by atoms with Gasteiger partial charge in [-0.25, -0.2) is 4.79 Å². The normalized spacial score (nSPS) is 11.1. The second-order valence-corrected chi connectivity index (χ2v) is 6.14. The molecule has 24 heavy (non-hydrogen) atoms. The van der Waals surface area contributed by atoms with E-state index in [0.29, 0.717) is 19.8 Å². The first-order valence-corrected chi connectivity index (χ1v) is 7.70. The fourth-order valence-electron chi connectivity index (χ4n) is 1.69. The summed E-state index contributed by atoms with van der Waals surface area (Å²) in [5.74, 6) is 0. The molecule has 1 rings (SSSR count). The van der Waals surface area contributed by atoms with Gasteiger partial charge < -0.3 is 9.47 Å². The molecule has 0 atom stereocenters. The summed E-state index contributed by atoms with van der Waals surface area (Å²) in [6, 6.07) is 6.25. The first kappa shape index (κ1) is 19.9. The molecule has 0 spiro atoms. The van der Waals surface area contributed by atoms with E-state index < -0.39 is 16.6 Å². The van der Waals surface area contributed by atoms with Gasteiger partial charge in [0.2, 0.25) is 0 Å². The summed E-state index contributed by atoms with van der Waals surface area (Å²) in [6.07, 6.45) is 0.871. The van der Waals surface area contributed by atoms with Crippen LogP contribution in [0.5, 0.6) is 0 Å². The van der Waals surface area contributed by atoms with Crippen molar-refractivity contribution in [1.29, 1.82) is 0 Å². The maximum absolute atomic E-state index is 11.3. The number of non-ortho nitro benzene ring substituents is 1. The Morgan fingerprint density at radius 1 is 1.17 bits per heavy atom. The van der Waals surface area contributed by atoms with Gasteiger partial charge in [-0.15, -0.1) is 0 Å². The molecule has 0 saturated carbocycles. The fraction of sp³-hybridized carbons (Fsp3) is 0.562. The van der Waals surface area contributed by atoms with Crippen molar-refractivity contribution < 1.29 is 24.0 Å². The van der Waals surface area contributed by atoms with E-state index in [1.807, 2.05) is 0 Å². The van der Waals surface area contributed by atoms with Crippen molar-refractivity contribution in [2.75, 3.05) is 13.2 Å². The molecule has 1 aromatic carbocycles. The highest BCUT2D eigenvalue weighted by atomic mass is 16.7. The Kier molecular flexibility index (Phi) is 8.14. The molecule has 0 aliphatic carbocycles. The monoisotopic (exact) mass is 340 g/mol. The first-order chi connectivity index (χ1) is 11.3. The number of nitrogens with one attached hydrogen (secondary N) is 1. The smallest absolute Gasteiger partial charge is 0.431 e. The van der Waals surface area contributed by atoms with Crippen molar-refractivity contribution in [3.63, 3.8) is 0 Å². The Bertz CT molecular complexity index is 524. The number of nitrogens with zero attached hydrogens (tertiary/aromatic N) is 1. The topological polar surface area (TPSA) is 99.9 Å². The van der Waals surface area contributed by atoms with E-state index in [1.54, 1.807) is 32.9 Å². The molecular weight excluding hydrogens is 316 g/mol. The summed E-state index contributed by atoms with van der Waals surface area (Å²) >= 11 is 0. The molecule has 0 aliphatic heterocycles. The highest BCUT2D eigenvalue weighted by molar-refractivity contribution is 5.66. The van der Waals surface area contributed by atoms with Gasteiger partial charge in [-0.3, -0.25) is 15.0 Å². The van der Waals surface area contributed by atoms with Gasteiger partial charge in [0, 0.05) is 18.7 Å². The molecular formula is C16H24N2O6. The van der Waals surface area contributed by atoms with Crippen LogP contribution in [0.15, 0.2) is 24.3 Å². The Hall–Kier alpha value is -2.19. The standard InChI is InChI=1S/C16H24N2O6/c1-16(2,3)24-15(19)17-23-11-5-4-10-22-12-13-6-8-14(9-7-13)18(20)21/h6-9H,4-5,10-12H2,1-3H3,(H,17,19). The third-order valence-electron chi connectivity index (χ3n) is 2.76. The lowest BCUT2D eigenvalue weighted by Gasteiger charge is -2.19. The van der Waals surface area contributed by atoms with E-state index in [2.05, 4.69) is 5.48 Å². The maximum Gasteiger partial charge on any atom is 0.431 e.